The number of carbonyl (C=O) groups is 2. The molecule has 3 aromatic rings. The Morgan fingerprint density at radius 3 is 2.45 bits per heavy atom. The van der Waals surface area contributed by atoms with Gasteiger partial charge in [-0.25, -0.2) is 15.0 Å². The molecular weight excluding hydrogens is 432 g/mol. The van der Waals surface area contributed by atoms with Crippen molar-refractivity contribution in [3.63, 3.8) is 0 Å². The van der Waals surface area contributed by atoms with E-state index >= 15 is 0 Å². The van der Waals surface area contributed by atoms with E-state index in [0.717, 1.165) is 28.2 Å². The standard InChI is InChI=1S/C22H24N4O3S2/c1-13-17(14(2)24-21(23-13)30-4)10-11-19(27)29-15(3)20(28)26-22-25-18(12-31-22)16-8-6-5-7-9-16/h5-9,12,15H,10-11H2,1-4H3,(H,25,26,28). The van der Waals surface area contributed by atoms with Crippen LogP contribution in [0.4, 0.5) is 5.13 Å². The van der Waals surface area contributed by atoms with Crippen LogP contribution in [0.5, 0.6) is 0 Å². The minimum Gasteiger partial charge on any atom is -0.453 e. The third-order valence-corrected chi connectivity index (χ3v) is 5.95. The largest absolute Gasteiger partial charge is 0.453 e. The summed E-state index contributed by atoms with van der Waals surface area (Å²) in [5.74, 6) is -0.859. The van der Waals surface area contributed by atoms with Crippen molar-refractivity contribution in [2.24, 2.45) is 0 Å². The van der Waals surface area contributed by atoms with Gasteiger partial charge in [0.1, 0.15) is 0 Å². The Morgan fingerprint density at radius 1 is 1.13 bits per heavy atom. The number of aryl methyl sites for hydroxylation is 2. The number of rotatable bonds is 8. The van der Waals surface area contributed by atoms with Crippen molar-refractivity contribution in [3.05, 3.63) is 52.7 Å². The zero-order chi connectivity index (χ0) is 22.4. The quantitative estimate of drug-likeness (QED) is 0.304. The van der Waals surface area contributed by atoms with E-state index in [4.69, 9.17) is 4.74 Å². The van der Waals surface area contributed by atoms with E-state index in [1.807, 2.05) is 55.8 Å². The molecule has 1 N–H and O–H groups in total. The van der Waals surface area contributed by atoms with Crippen LogP contribution in [0.1, 0.15) is 30.3 Å². The number of amides is 1. The van der Waals surface area contributed by atoms with Crippen LogP contribution in [-0.4, -0.2) is 39.2 Å². The summed E-state index contributed by atoms with van der Waals surface area (Å²) in [6.07, 6.45) is 1.61. The highest BCUT2D eigenvalue weighted by atomic mass is 32.2. The molecule has 0 radical (unpaired) electrons. The molecule has 0 aliphatic rings. The van der Waals surface area contributed by atoms with Gasteiger partial charge >= 0.3 is 5.97 Å². The SMILES string of the molecule is CSc1nc(C)c(CCC(=O)OC(C)C(=O)Nc2nc(-c3ccccc3)cs2)c(C)n1. The van der Waals surface area contributed by atoms with E-state index in [0.29, 0.717) is 16.7 Å². The van der Waals surface area contributed by atoms with E-state index in [-0.39, 0.29) is 6.42 Å². The van der Waals surface area contributed by atoms with Gasteiger partial charge < -0.3 is 4.74 Å². The molecule has 2 heterocycles. The summed E-state index contributed by atoms with van der Waals surface area (Å²) in [4.78, 5) is 37.9. The molecule has 0 aliphatic heterocycles. The fourth-order valence-electron chi connectivity index (χ4n) is 2.98. The van der Waals surface area contributed by atoms with Crippen molar-refractivity contribution < 1.29 is 14.3 Å². The predicted molar refractivity (Wildman–Crippen MR) is 123 cm³/mol. The first-order valence-corrected chi connectivity index (χ1v) is 11.9. The van der Waals surface area contributed by atoms with Crippen LogP contribution < -0.4 is 5.32 Å². The normalized spacial score (nSPS) is 11.7. The van der Waals surface area contributed by atoms with Crippen LogP contribution >= 0.6 is 23.1 Å². The molecule has 7 nitrogen and oxygen atoms in total. The number of nitrogens with one attached hydrogen (secondary N) is 1. The summed E-state index contributed by atoms with van der Waals surface area (Å²) in [5, 5.41) is 5.76. The van der Waals surface area contributed by atoms with E-state index in [2.05, 4.69) is 20.3 Å². The number of benzene rings is 1. The molecule has 2 aromatic heterocycles. The Labute approximate surface area is 189 Å². The lowest BCUT2D eigenvalue weighted by molar-refractivity contribution is -0.153. The number of ether oxygens (including phenoxy) is 1. The predicted octanol–water partition coefficient (Wildman–Crippen LogP) is 4.44. The Hall–Kier alpha value is -2.78. The highest BCUT2D eigenvalue weighted by molar-refractivity contribution is 7.98. The van der Waals surface area contributed by atoms with Crippen LogP contribution in [0.15, 0.2) is 40.9 Å². The average molecular weight is 457 g/mol. The maximum absolute atomic E-state index is 12.4. The zero-order valence-corrected chi connectivity index (χ0v) is 19.5. The van der Waals surface area contributed by atoms with Crippen molar-refractivity contribution in [1.82, 2.24) is 15.0 Å². The molecule has 0 aliphatic carbocycles. The summed E-state index contributed by atoms with van der Waals surface area (Å²) < 4.78 is 5.30. The Balaban J connectivity index is 1.52. The summed E-state index contributed by atoms with van der Waals surface area (Å²) in [7, 11) is 0. The highest BCUT2D eigenvalue weighted by Gasteiger charge is 2.20. The molecule has 0 spiro atoms. The third-order valence-electron chi connectivity index (χ3n) is 4.64. The Kier molecular flexibility index (Phi) is 7.75. The van der Waals surface area contributed by atoms with Crippen LogP contribution in [0, 0.1) is 13.8 Å². The van der Waals surface area contributed by atoms with Crippen molar-refractivity contribution in [2.45, 2.75) is 44.9 Å². The monoisotopic (exact) mass is 456 g/mol. The number of nitrogens with zero attached hydrogens (tertiary/aromatic N) is 3. The number of esters is 1. The van der Waals surface area contributed by atoms with E-state index in [9.17, 15) is 9.59 Å². The molecule has 162 valence electrons. The second-order valence-corrected chi connectivity index (χ2v) is 8.52. The lowest BCUT2D eigenvalue weighted by Gasteiger charge is -2.13. The maximum Gasteiger partial charge on any atom is 0.306 e. The second kappa shape index (κ2) is 10.5. The van der Waals surface area contributed by atoms with E-state index in [1.165, 1.54) is 23.1 Å². The second-order valence-electron chi connectivity index (χ2n) is 6.88. The van der Waals surface area contributed by atoms with Crippen LogP contribution in [0.3, 0.4) is 0 Å². The molecule has 31 heavy (non-hydrogen) atoms. The van der Waals surface area contributed by atoms with Gasteiger partial charge in [0.2, 0.25) is 0 Å². The summed E-state index contributed by atoms with van der Waals surface area (Å²) in [6, 6.07) is 9.70. The molecule has 0 bridgehead atoms. The molecule has 3 rings (SSSR count). The molecule has 0 fully saturated rings. The van der Waals surface area contributed by atoms with E-state index < -0.39 is 18.0 Å². The molecule has 0 saturated heterocycles. The minimum absolute atomic E-state index is 0.149. The molecule has 1 amide bonds. The van der Waals surface area contributed by atoms with Gasteiger partial charge in [-0.1, -0.05) is 42.1 Å². The number of carbonyl (C=O) groups excluding carboxylic acids is 2. The number of thiazole rings is 1. The van der Waals surface area contributed by atoms with Crippen molar-refractivity contribution in [3.8, 4) is 11.3 Å². The van der Waals surface area contributed by atoms with Gasteiger partial charge in [0, 0.05) is 28.8 Å². The average Bonchev–Trinajstić information content (AvgIpc) is 3.22. The molecular formula is C22H24N4O3S2. The van der Waals surface area contributed by atoms with Crippen LogP contribution in [-0.2, 0) is 20.7 Å². The van der Waals surface area contributed by atoms with Gasteiger partial charge in [0.15, 0.2) is 16.4 Å². The first-order chi connectivity index (χ1) is 14.9. The lowest BCUT2D eigenvalue weighted by Crippen LogP contribution is -2.30. The highest BCUT2D eigenvalue weighted by Crippen LogP contribution is 2.24. The van der Waals surface area contributed by atoms with Crippen molar-refractivity contribution in [1.29, 1.82) is 0 Å². The van der Waals surface area contributed by atoms with Gasteiger partial charge in [0.25, 0.3) is 5.91 Å². The van der Waals surface area contributed by atoms with Gasteiger partial charge in [-0.05, 0) is 39.0 Å². The van der Waals surface area contributed by atoms with Crippen molar-refractivity contribution in [2.75, 3.05) is 11.6 Å². The number of aromatic nitrogens is 3. The lowest BCUT2D eigenvalue weighted by atomic mass is 10.1. The fourth-order valence-corrected chi connectivity index (χ4v) is 4.16. The molecule has 0 saturated carbocycles. The molecule has 1 aromatic carbocycles. The van der Waals surface area contributed by atoms with Crippen LogP contribution in [0.25, 0.3) is 11.3 Å². The topological polar surface area (TPSA) is 94.1 Å². The summed E-state index contributed by atoms with van der Waals surface area (Å²) in [5.41, 5.74) is 4.40. The molecule has 1 atom stereocenters. The zero-order valence-electron chi connectivity index (χ0n) is 17.8. The number of anilines is 1. The first-order valence-electron chi connectivity index (χ1n) is 9.76. The molecule has 1 unspecified atom stereocenters. The maximum atomic E-state index is 12.4. The van der Waals surface area contributed by atoms with Crippen molar-refractivity contribution >= 4 is 40.1 Å². The number of hydrogen-bond acceptors (Lipinski definition) is 8. The minimum atomic E-state index is -0.922. The molecule has 9 heteroatoms. The Morgan fingerprint density at radius 2 is 1.81 bits per heavy atom. The van der Waals surface area contributed by atoms with E-state index in [1.54, 1.807) is 6.92 Å². The first kappa shape index (κ1) is 22.9. The smallest absolute Gasteiger partial charge is 0.306 e. The van der Waals surface area contributed by atoms with Crippen LogP contribution in [0.2, 0.25) is 0 Å². The van der Waals surface area contributed by atoms with Gasteiger partial charge in [-0.15, -0.1) is 11.3 Å². The fraction of sp³-hybridized carbons (Fsp3) is 0.318. The third kappa shape index (κ3) is 6.11. The van der Waals surface area contributed by atoms with Gasteiger partial charge in [-0.2, -0.15) is 0 Å². The number of hydrogen-bond donors (Lipinski definition) is 1. The Bertz CT molecular complexity index is 1050. The summed E-state index contributed by atoms with van der Waals surface area (Å²) >= 11 is 2.80. The van der Waals surface area contributed by atoms with Gasteiger partial charge in [-0.3, -0.25) is 14.9 Å². The number of thioether (sulfide) groups is 1. The van der Waals surface area contributed by atoms with Gasteiger partial charge in [0.05, 0.1) is 5.69 Å². The summed E-state index contributed by atoms with van der Waals surface area (Å²) in [6.45, 7) is 5.36.